The first kappa shape index (κ1) is 36.6. The monoisotopic (exact) mass is 692 g/mol. The van der Waals surface area contributed by atoms with Gasteiger partial charge in [0.25, 0.3) is 5.91 Å². The van der Waals surface area contributed by atoms with Crippen LogP contribution >= 0.6 is 0 Å². The fraction of sp³-hybridized carbons (Fsp3) is 0.275. The number of aliphatic hydroxyl groups is 1. The van der Waals surface area contributed by atoms with Crippen LogP contribution in [0.2, 0.25) is 0 Å². The second-order valence-corrected chi connectivity index (χ2v) is 12.9. The Hall–Kier alpha value is -5.65. The predicted molar refractivity (Wildman–Crippen MR) is 196 cm³/mol. The van der Waals surface area contributed by atoms with Crippen molar-refractivity contribution in [1.82, 2.24) is 20.5 Å². The molecule has 0 spiro atoms. The van der Waals surface area contributed by atoms with Crippen LogP contribution in [0, 0.1) is 5.92 Å². The summed E-state index contributed by atoms with van der Waals surface area (Å²) in [5.74, 6) is 0.745. The van der Waals surface area contributed by atoms with Crippen molar-refractivity contribution >= 4 is 22.9 Å². The van der Waals surface area contributed by atoms with Gasteiger partial charge in [0.1, 0.15) is 18.1 Å². The zero-order chi connectivity index (χ0) is 36.3. The highest BCUT2D eigenvalue weighted by molar-refractivity contribution is 5.94. The lowest BCUT2D eigenvalue weighted by Crippen LogP contribution is -2.36. The molecule has 11 heteroatoms. The number of amides is 2. The number of hydrogen-bond acceptors (Lipinski definition) is 7. The molecule has 266 valence electrons. The zero-order valence-electron chi connectivity index (χ0n) is 28.7. The number of ether oxygens (including phenoxy) is 1. The van der Waals surface area contributed by atoms with Crippen LogP contribution in [0.4, 0.5) is 4.79 Å². The van der Waals surface area contributed by atoms with Crippen molar-refractivity contribution < 1.29 is 29.6 Å². The minimum absolute atomic E-state index is 0.0584. The molecule has 11 nitrogen and oxygen atoms in total. The van der Waals surface area contributed by atoms with Crippen LogP contribution in [0.1, 0.15) is 65.0 Å². The first-order valence-electron chi connectivity index (χ1n) is 17.0. The number of rotatable bonds is 16. The molecule has 1 heterocycles. The Kier molecular flexibility index (Phi) is 12.4. The molecule has 2 amide bonds. The fourth-order valence-electron chi connectivity index (χ4n) is 6.01. The van der Waals surface area contributed by atoms with E-state index in [-0.39, 0.29) is 41.8 Å². The van der Waals surface area contributed by atoms with Gasteiger partial charge in [0.15, 0.2) is 0 Å². The summed E-state index contributed by atoms with van der Waals surface area (Å²) in [6.45, 7) is 6.37. The van der Waals surface area contributed by atoms with Gasteiger partial charge in [-0.25, -0.2) is 4.79 Å². The Morgan fingerprint density at radius 2 is 1.65 bits per heavy atom. The van der Waals surface area contributed by atoms with E-state index >= 15 is 0 Å². The van der Waals surface area contributed by atoms with Crippen LogP contribution < -0.4 is 20.9 Å². The number of benzene rings is 4. The first-order valence-corrected chi connectivity index (χ1v) is 17.0. The molecule has 51 heavy (non-hydrogen) atoms. The van der Waals surface area contributed by atoms with Gasteiger partial charge in [-0.3, -0.25) is 9.59 Å². The number of nitrogens with one attached hydrogen (secondary N) is 3. The number of aromatic amines is 1. The largest absolute Gasteiger partial charge is 0.506 e. The van der Waals surface area contributed by atoms with E-state index in [9.17, 15) is 29.7 Å². The Morgan fingerprint density at radius 1 is 0.902 bits per heavy atom. The van der Waals surface area contributed by atoms with Gasteiger partial charge in [0.2, 0.25) is 5.56 Å². The first-order chi connectivity index (χ1) is 24.6. The highest BCUT2D eigenvalue weighted by Gasteiger charge is 2.19. The van der Waals surface area contributed by atoms with Gasteiger partial charge in [-0.2, -0.15) is 0 Å². The number of aromatic nitrogens is 1. The van der Waals surface area contributed by atoms with Crippen molar-refractivity contribution in [2.45, 2.75) is 39.0 Å². The summed E-state index contributed by atoms with van der Waals surface area (Å²) in [7, 11) is 0. The topological polar surface area (TPSA) is 164 Å². The Labute approximate surface area is 296 Å². The van der Waals surface area contributed by atoms with Crippen molar-refractivity contribution in [2.24, 2.45) is 5.92 Å². The van der Waals surface area contributed by atoms with Crippen LogP contribution in [-0.2, 0) is 6.61 Å². The number of phenols is 1. The van der Waals surface area contributed by atoms with Crippen molar-refractivity contribution in [3.8, 4) is 11.5 Å². The Bertz CT molecular complexity index is 1980. The maximum Gasteiger partial charge on any atom is 0.405 e. The summed E-state index contributed by atoms with van der Waals surface area (Å²) < 4.78 is 6.06. The van der Waals surface area contributed by atoms with Gasteiger partial charge < -0.3 is 40.6 Å². The number of aromatic hydroxyl groups is 1. The molecule has 0 bridgehead atoms. The van der Waals surface area contributed by atoms with Gasteiger partial charge in [0, 0.05) is 36.7 Å². The summed E-state index contributed by atoms with van der Waals surface area (Å²) in [6.07, 6.45) is -1.31. The number of carboxylic acid groups (broad SMARTS) is 1. The third-order valence-corrected chi connectivity index (χ3v) is 8.46. The lowest BCUT2D eigenvalue weighted by Gasteiger charge is -2.25. The number of H-pyrrole nitrogens is 1. The SMILES string of the molecule is CC(C)CN(CCCNCC(O)c1ccc(O)c2[nH]c(=O)ccc12)C(=O)c1ccc(COc2cccc([C@@H](NC(=O)O)c3ccccc3)c2)cc1. The van der Waals surface area contributed by atoms with E-state index in [1.165, 1.54) is 12.1 Å². The van der Waals surface area contributed by atoms with Crippen LogP contribution in [-0.4, -0.2) is 63.4 Å². The van der Waals surface area contributed by atoms with Gasteiger partial charge in [0.05, 0.1) is 17.7 Å². The number of pyridine rings is 1. The molecule has 0 radical (unpaired) electrons. The Balaban J connectivity index is 1.14. The van der Waals surface area contributed by atoms with E-state index in [2.05, 4.69) is 29.5 Å². The standard InChI is InChI=1S/C40H44N4O7/c1-26(2)24-44(21-7-20-41-23-35(46)32-16-18-34(45)38-33(32)17-19-36(47)42-38)39(48)29-14-12-27(13-15-29)25-51-31-11-6-10-30(22-31)37(43-40(49)50)28-8-4-3-5-9-28/h3-6,8-19,22,26,35,37,41,43,45-46H,7,20-21,23-25H2,1-2H3,(H,42,47)(H,49,50)/t35?,37-/m0/s1. The quantitative estimate of drug-likeness (QED) is 0.0688. The lowest BCUT2D eigenvalue weighted by molar-refractivity contribution is 0.0733. The maximum atomic E-state index is 13.5. The molecule has 6 N–H and O–H groups in total. The minimum Gasteiger partial charge on any atom is -0.506 e. The minimum atomic E-state index is -1.12. The van der Waals surface area contributed by atoms with Crippen molar-refractivity contribution in [3.63, 3.8) is 0 Å². The smallest absolute Gasteiger partial charge is 0.405 e. The summed E-state index contributed by atoms with van der Waals surface area (Å²) in [4.78, 5) is 41.2. The molecule has 0 saturated heterocycles. The highest BCUT2D eigenvalue weighted by atomic mass is 16.5. The number of phenolic OH excluding ortho intramolecular Hbond substituents is 1. The number of hydrogen-bond donors (Lipinski definition) is 6. The average Bonchev–Trinajstić information content (AvgIpc) is 3.13. The molecular weight excluding hydrogens is 648 g/mol. The third kappa shape index (κ3) is 9.96. The van der Waals surface area contributed by atoms with Gasteiger partial charge in [-0.15, -0.1) is 0 Å². The van der Waals surface area contributed by atoms with E-state index in [4.69, 9.17) is 4.74 Å². The number of nitrogens with zero attached hydrogens (tertiary/aromatic N) is 1. The maximum absolute atomic E-state index is 13.5. The van der Waals surface area contributed by atoms with Gasteiger partial charge >= 0.3 is 6.09 Å². The molecule has 0 saturated carbocycles. The van der Waals surface area contributed by atoms with Gasteiger partial charge in [-0.1, -0.05) is 74.5 Å². The van der Waals surface area contributed by atoms with E-state index in [0.29, 0.717) is 48.3 Å². The third-order valence-electron chi connectivity index (χ3n) is 8.46. The molecule has 0 fully saturated rings. The number of aliphatic hydroxyl groups excluding tert-OH is 1. The summed E-state index contributed by atoms with van der Waals surface area (Å²) in [6, 6.07) is 29.5. The van der Waals surface area contributed by atoms with E-state index in [1.807, 2.05) is 71.6 Å². The van der Waals surface area contributed by atoms with Crippen molar-refractivity contribution in [1.29, 1.82) is 0 Å². The summed E-state index contributed by atoms with van der Waals surface area (Å²) in [5.41, 5.74) is 3.57. The lowest BCUT2D eigenvalue weighted by atomic mass is 9.98. The van der Waals surface area contributed by atoms with Crippen LogP contribution in [0.15, 0.2) is 108 Å². The molecule has 5 aromatic rings. The Morgan fingerprint density at radius 3 is 2.37 bits per heavy atom. The van der Waals surface area contributed by atoms with E-state index in [0.717, 1.165) is 16.7 Å². The van der Waals surface area contributed by atoms with Crippen LogP contribution in [0.3, 0.4) is 0 Å². The van der Waals surface area contributed by atoms with Crippen molar-refractivity contribution in [2.75, 3.05) is 26.2 Å². The number of carbonyl (C=O) groups is 2. The second-order valence-electron chi connectivity index (χ2n) is 12.9. The summed E-state index contributed by atoms with van der Waals surface area (Å²) in [5, 5.41) is 36.8. The molecule has 0 aliphatic heterocycles. The molecule has 2 atom stereocenters. The molecular formula is C40H44N4O7. The average molecular weight is 693 g/mol. The number of fused-ring (bicyclic) bond motifs is 1. The van der Waals surface area contributed by atoms with E-state index < -0.39 is 18.2 Å². The molecule has 4 aromatic carbocycles. The molecule has 1 aromatic heterocycles. The van der Waals surface area contributed by atoms with Crippen LogP contribution in [0.25, 0.3) is 10.9 Å². The second kappa shape index (κ2) is 17.3. The van der Waals surface area contributed by atoms with Crippen LogP contribution in [0.5, 0.6) is 11.5 Å². The normalized spacial score (nSPS) is 12.4. The molecule has 1 unspecified atom stereocenters. The van der Waals surface area contributed by atoms with Crippen molar-refractivity contribution in [3.05, 3.63) is 141 Å². The predicted octanol–water partition coefficient (Wildman–Crippen LogP) is 5.98. The molecule has 0 aliphatic carbocycles. The van der Waals surface area contributed by atoms with E-state index in [1.54, 1.807) is 24.3 Å². The fourth-order valence-corrected chi connectivity index (χ4v) is 6.01. The molecule has 5 rings (SSSR count). The summed E-state index contributed by atoms with van der Waals surface area (Å²) >= 11 is 0. The molecule has 0 aliphatic rings. The van der Waals surface area contributed by atoms with Gasteiger partial charge in [-0.05, 0) is 77.5 Å². The number of carbonyl (C=O) groups excluding carboxylic acids is 1. The zero-order valence-corrected chi connectivity index (χ0v) is 28.7. The highest BCUT2D eigenvalue weighted by Crippen LogP contribution is 2.29.